The number of hydrogen-bond acceptors (Lipinski definition) is 2. The second kappa shape index (κ2) is 6.18. The normalized spacial score (nSPS) is 12.8. The number of aryl methyl sites for hydroxylation is 1. The summed E-state index contributed by atoms with van der Waals surface area (Å²) in [6.45, 7) is 0.684. The van der Waals surface area contributed by atoms with Crippen molar-refractivity contribution < 1.29 is 31.1 Å². The fraction of sp³-hybridized carbons (Fsp3) is 0.417. The summed E-state index contributed by atoms with van der Waals surface area (Å²) in [4.78, 5) is 0.0778. The molecule has 21 heavy (non-hydrogen) atoms. The fourth-order valence-electron chi connectivity index (χ4n) is 1.56. The van der Waals surface area contributed by atoms with Crippen molar-refractivity contribution >= 4 is 17.2 Å². The Morgan fingerprint density at radius 3 is 2.10 bits per heavy atom. The lowest BCUT2D eigenvalue weighted by Crippen LogP contribution is -2.44. The fourth-order valence-corrected chi connectivity index (χ4v) is 1.69. The van der Waals surface area contributed by atoms with Crippen molar-refractivity contribution in [2.75, 3.05) is 0 Å². The van der Waals surface area contributed by atoms with E-state index in [4.69, 9.17) is 18.0 Å². The minimum atomic E-state index is -5.52. The van der Waals surface area contributed by atoms with Gasteiger partial charge in [-0.2, -0.15) is 26.3 Å². The zero-order valence-corrected chi connectivity index (χ0v) is 11.5. The van der Waals surface area contributed by atoms with Gasteiger partial charge in [0.15, 0.2) is 0 Å². The zero-order chi connectivity index (χ0) is 16.4. The number of ether oxygens (including phenoxy) is 1. The van der Waals surface area contributed by atoms with E-state index in [1.807, 2.05) is 0 Å². The highest BCUT2D eigenvalue weighted by Crippen LogP contribution is 2.36. The first-order chi connectivity index (χ1) is 9.43. The van der Waals surface area contributed by atoms with Gasteiger partial charge in [-0.05, 0) is 24.1 Å². The van der Waals surface area contributed by atoms with E-state index in [1.54, 1.807) is 0 Å². The highest BCUT2D eigenvalue weighted by molar-refractivity contribution is 7.80. The van der Waals surface area contributed by atoms with Crippen molar-refractivity contribution in [2.45, 2.75) is 32.0 Å². The average molecular weight is 331 g/mol. The Labute approximate surface area is 121 Å². The van der Waals surface area contributed by atoms with Crippen LogP contribution in [0.4, 0.5) is 26.3 Å². The van der Waals surface area contributed by atoms with Crippen molar-refractivity contribution in [1.82, 2.24) is 0 Å². The van der Waals surface area contributed by atoms with Crippen molar-refractivity contribution in [3.8, 4) is 0 Å². The first-order valence-corrected chi connectivity index (χ1v) is 5.98. The summed E-state index contributed by atoms with van der Waals surface area (Å²) >= 11 is 4.72. The van der Waals surface area contributed by atoms with Gasteiger partial charge in [0.1, 0.15) is 4.99 Å². The van der Waals surface area contributed by atoms with Crippen LogP contribution in [0.1, 0.15) is 16.7 Å². The summed E-state index contributed by atoms with van der Waals surface area (Å²) < 4.78 is 77.9. The lowest BCUT2D eigenvalue weighted by Gasteiger charge is -2.23. The van der Waals surface area contributed by atoms with Crippen molar-refractivity contribution in [1.29, 1.82) is 0 Å². The summed E-state index contributed by atoms with van der Waals surface area (Å²) in [6.07, 6.45) is -14.9. The number of hydrogen-bond donors (Lipinski definition) is 1. The maximum absolute atomic E-state index is 12.3. The van der Waals surface area contributed by atoms with Crippen LogP contribution in [-0.2, 0) is 11.3 Å². The Morgan fingerprint density at radius 2 is 1.71 bits per heavy atom. The van der Waals surface area contributed by atoms with Gasteiger partial charge in [0.25, 0.3) is 0 Å². The Hall–Kier alpha value is -1.35. The highest BCUT2D eigenvalue weighted by Gasteiger charge is 2.57. The molecule has 0 saturated carbocycles. The summed E-state index contributed by atoms with van der Waals surface area (Å²) in [5.41, 5.74) is 6.46. The first kappa shape index (κ1) is 17.7. The molecule has 0 aliphatic rings. The number of alkyl halides is 6. The van der Waals surface area contributed by atoms with Crippen LogP contribution in [0.2, 0.25) is 0 Å². The lowest BCUT2D eigenvalue weighted by molar-refractivity contribution is -0.324. The minimum absolute atomic E-state index is 0.0778. The van der Waals surface area contributed by atoms with Gasteiger partial charge in [0, 0.05) is 5.56 Å². The molecule has 2 nitrogen and oxygen atoms in total. The molecule has 0 fully saturated rings. The molecule has 0 saturated heterocycles. The molecule has 1 aromatic carbocycles. The second-order valence-corrected chi connectivity index (χ2v) is 4.72. The third kappa shape index (κ3) is 4.85. The molecule has 0 amide bonds. The number of rotatable bonds is 4. The molecule has 9 heteroatoms. The molecule has 0 spiro atoms. The number of halogens is 6. The summed E-state index contributed by atoms with van der Waals surface area (Å²) in [6, 6.07) is 4.20. The zero-order valence-electron chi connectivity index (χ0n) is 10.7. The van der Waals surface area contributed by atoms with E-state index in [0.29, 0.717) is 11.1 Å². The molecule has 0 aliphatic heterocycles. The highest BCUT2D eigenvalue weighted by atomic mass is 32.1. The van der Waals surface area contributed by atoms with E-state index in [1.165, 1.54) is 25.1 Å². The van der Waals surface area contributed by atoms with Gasteiger partial charge in [0.2, 0.25) is 6.10 Å². The second-order valence-electron chi connectivity index (χ2n) is 4.28. The number of nitrogens with two attached hydrogens (primary N) is 1. The van der Waals surface area contributed by atoms with E-state index in [9.17, 15) is 26.3 Å². The maximum atomic E-state index is 12.3. The third-order valence-electron chi connectivity index (χ3n) is 2.63. The topological polar surface area (TPSA) is 35.2 Å². The smallest absolute Gasteiger partial charge is 0.389 e. The Bertz CT molecular complexity index is 511. The van der Waals surface area contributed by atoms with E-state index in [0.717, 1.165) is 0 Å². The van der Waals surface area contributed by atoms with Crippen LogP contribution in [0.3, 0.4) is 0 Å². The van der Waals surface area contributed by atoms with Gasteiger partial charge in [0.05, 0.1) is 6.61 Å². The lowest BCUT2D eigenvalue weighted by atomic mass is 10.1. The van der Waals surface area contributed by atoms with Gasteiger partial charge in [-0.3, -0.25) is 0 Å². The maximum Gasteiger partial charge on any atom is 0.423 e. The first-order valence-electron chi connectivity index (χ1n) is 5.57. The summed E-state index contributed by atoms with van der Waals surface area (Å²) in [5.74, 6) is 0. The molecule has 1 aromatic rings. The van der Waals surface area contributed by atoms with Crippen molar-refractivity contribution in [3.63, 3.8) is 0 Å². The number of benzene rings is 1. The predicted molar refractivity (Wildman–Crippen MR) is 67.8 cm³/mol. The van der Waals surface area contributed by atoms with Crippen LogP contribution >= 0.6 is 12.2 Å². The van der Waals surface area contributed by atoms with E-state index in [-0.39, 0.29) is 10.6 Å². The number of thiocarbonyl (C=S) groups is 1. The molecule has 2 N–H and O–H groups in total. The molecule has 0 heterocycles. The summed E-state index contributed by atoms with van der Waals surface area (Å²) in [7, 11) is 0. The molecule has 0 atom stereocenters. The van der Waals surface area contributed by atoms with Crippen LogP contribution in [0.15, 0.2) is 18.2 Å². The van der Waals surface area contributed by atoms with Gasteiger partial charge in [-0.15, -0.1) is 0 Å². The summed E-state index contributed by atoms with van der Waals surface area (Å²) in [5, 5.41) is 0. The largest absolute Gasteiger partial charge is 0.423 e. The van der Waals surface area contributed by atoms with Crippen molar-refractivity contribution in [2.24, 2.45) is 5.73 Å². The van der Waals surface area contributed by atoms with Crippen LogP contribution in [0.5, 0.6) is 0 Å². The van der Waals surface area contributed by atoms with Gasteiger partial charge in [-0.25, -0.2) is 0 Å². The van der Waals surface area contributed by atoms with E-state index in [2.05, 4.69) is 4.74 Å². The average Bonchev–Trinajstić information content (AvgIpc) is 2.27. The standard InChI is InChI=1S/C12H11F6NOS/c1-6-4-7(9(19)21)2-3-8(6)5-20-10(11(13,14)15)12(16,17)18/h2-4,10H,5H2,1H3,(H2,19,21). The van der Waals surface area contributed by atoms with Crippen LogP contribution in [0, 0.1) is 6.92 Å². The quantitative estimate of drug-likeness (QED) is 0.676. The van der Waals surface area contributed by atoms with Gasteiger partial charge in [-0.1, -0.05) is 24.4 Å². The molecule has 0 aliphatic carbocycles. The molecule has 0 radical (unpaired) electrons. The monoisotopic (exact) mass is 331 g/mol. The molecular weight excluding hydrogens is 320 g/mol. The van der Waals surface area contributed by atoms with E-state index < -0.39 is 25.1 Å². The minimum Gasteiger partial charge on any atom is -0.389 e. The molecule has 0 aromatic heterocycles. The van der Waals surface area contributed by atoms with Gasteiger partial charge < -0.3 is 10.5 Å². The predicted octanol–water partition coefficient (Wildman–Crippen LogP) is 3.64. The van der Waals surface area contributed by atoms with Gasteiger partial charge >= 0.3 is 12.4 Å². The van der Waals surface area contributed by atoms with E-state index >= 15 is 0 Å². The van der Waals surface area contributed by atoms with Crippen molar-refractivity contribution in [3.05, 3.63) is 34.9 Å². The Kier molecular flexibility index (Phi) is 5.21. The molecule has 0 bridgehead atoms. The third-order valence-corrected chi connectivity index (χ3v) is 2.86. The van der Waals surface area contributed by atoms with Crippen LogP contribution < -0.4 is 5.73 Å². The SMILES string of the molecule is Cc1cc(C(N)=S)ccc1COC(C(F)(F)F)C(F)(F)F. The van der Waals surface area contributed by atoms with Crippen LogP contribution in [-0.4, -0.2) is 23.4 Å². The molecular formula is C12H11F6NOS. The Balaban J connectivity index is 2.89. The molecule has 0 unspecified atom stereocenters. The van der Waals surface area contributed by atoms with Crippen LogP contribution in [0.25, 0.3) is 0 Å². The molecule has 1 rings (SSSR count). The Morgan fingerprint density at radius 1 is 1.19 bits per heavy atom. The molecule has 118 valence electrons.